The van der Waals surface area contributed by atoms with Gasteiger partial charge in [-0.15, -0.1) is 6.58 Å². The van der Waals surface area contributed by atoms with E-state index in [4.69, 9.17) is 9.47 Å². The van der Waals surface area contributed by atoms with Gasteiger partial charge in [0.2, 0.25) is 0 Å². The molecule has 0 aromatic carbocycles. The number of hydrogen-bond acceptors (Lipinski definition) is 3. The minimum absolute atomic E-state index is 0.0485. The lowest BCUT2D eigenvalue weighted by Gasteiger charge is -2.36. The van der Waals surface area contributed by atoms with E-state index in [9.17, 15) is 9.18 Å². The minimum atomic E-state index is -1.56. The van der Waals surface area contributed by atoms with Gasteiger partial charge in [0, 0.05) is 6.54 Å². The van der Waals surface area contributed by atoms with Crippen molar-refractivity contribution in [3.05, 3.63) is 12.7 Å². The molecule has 20 heavy (non-hydrogen) atoms. The molecule has 3 rings (SSSR count). The highest BCUT2D eigenvalue weighted by molar-refractivity contribution is 5.88. The van der Waals surface area contributed by atoms with E-state index in [2.05, 4.69) is 6.58 Å². The van der Waals surface area contributed by atoms with Crippen LogP contribution in [-0.2, 0) is 14.3 Å². The van der Waals surface area contributed by atoms with Crippen molar-refractivity contribution in [3.8, 4) is 0 Å². The Balaban J connectivity index is 1.53. The molecule has 112 valence electrons. The van der Waals surface area contributed by atoms with Crippen LogP contribution in [0.2, 0.25) is 0 Å². The van der Waals surface area contributed by atoms with Gasteiger partial charge >= 0.3 is 0 Å². The van der Waals surface area contributed by atoms with Gasteiger partial charge in [0.05, 0.1) is 31.5 Å². The van der Waals surface area contributed by atoms with Gasteiger partial charge in [-0.3, -0.25) is 4.79 Å². The van der Waals surface area contributed by atoms with Gasteiger partial charge in [-0.25, -0.2) is 4.39 Å². The van der Waals surface area contributed by atoms with E-state index in [-0.39, 0.29) is 24.2 Å². The van der Waals surface area contributed by atoms with E-state index < -0.39 is 5.67 Å². The van der Waals surface area contributed by atoms with E-state index in [1.54, 1.807) is 11.0 Å². The Morgan fingerprint density at radius 2 is 2.25 bits per heavy atom. The van der Waals surface area contributed by atoms with Crippen molar-refractivity contribution in [2.24, 2.45) is 0 Å². The third-order valence-corrected chi connectivity index (χ3v) is 4.51. The second-order valence-electron chi connectivity index (χ2n) is 6.02. The van der Waals surface area contributed by atoms with Crippen LogP contribution in [0.25, 0.3) is 0 Å². The summed E-state index contributed by atoms with van der Waals surface area (Å²) in [7, 11) is 0. The van der Waals surface area contributed by atoms with Crippen molar-refractivity contribution >= 4 is 5.91 Å². The molecule has 1 aliphatic carbocycles. The van der Waals surface area contributed by atoms with Crippen LogP contribution in [0.4, 0.5) is 4.39 Å². The van der Waals surface area contributed by atoms with Crippen LogP contribution in [-0.4, -0.2) is 54.5 Å². The Morgan fingerprint density at radius 1 is 1.45 bits per heavy atom. The number of carbonyl (C=O) groups excluding carboxylic acids is 1. The van der Waals surface area contributed by atoms with Gasteiger partial charge in [0.15, 0.2) is 5.67 Å². The third kappa shape index (κ3) is 2.61. The molecule has 0 aromatic rings. The van der Waals surface area contributed by atoms with Crippen molar-refractivity contribution in [1.82, 2.24) is 4.90 Å². The molecule has 2 saturated heterocycles. The summed E-state index contributed by atoms with van der Waals surface area (Å²) in [5.41, 5.74) is -1.56. The lowest BCUT2D eigenvalue weighted by atomic mass is 9.99. The number of alkyl halides is 1. The smallest absolute Gasteiger partial charge is 0.260 e. The summed E-state index contributed by atoms with van der Waals surface area (Å²) in [6.45, 7) is 5.33. The summed E-state index contributed by atoms with van der Waals surface area (Å²) >= 11 is 0. The predicted molar refractivity (Wildman–Crippen MR) is 72.1 cm³/mol. The quantitative estimate of drug-likeness (QED) is 0.571. The monoisotopic (exact) mass is 283 g/mol. The number of nitrogens with zero attached hydrogens (tertiary/aromatic N) is 1. The number of carbonyl (C=O) groups is 1. The molecule has 4 nitrogen and oxygen atoms in total. The first-order chi connectivity index (χ1) is 9.64. The number of halogens is 1. The maximum absolute atomic E-state index is 13.9. The fourth-order valence-corrected chi connectivity index (χ4v) is 3.24. The lowest BCUT2D eigenvalue weighted by Crippen LogP contribution is -2.48. The van der Waals surface area contributed by atoms with Gasteiger partial charge in [-0.2, -0.15) is 0 Å². The molecule has 3 fully saturated rings. The van der Waals surface area contributed by atoms with Crippen molar-refractivity contribution in [2.45, 2.75) is 56.0 Å². The van der Waals surface area contributed by atoms with Crippen molar-refractivity contribution < 1.29 is 18.7 Å². The normalized spacial score (nSPS) is 34.6. The largest absolute Gasteiger partial charge is 0.375 e. The van der Waals surface area contributed by atoms with Crippen molar-refractivity contribution in [1.29, 1.82) is 0 Å². The zero-order chi connectivity index (χ0) is 14.2. The molecule has 0 spiro atoms. The highest BCUT2D eigenvalue weighted by Gasteiger charge is 2.56. The minimum Gasteiger partial charge on any atom is -0.375 e. The maximum Gasteiger partial charge on any atom is 0.260 e. The van der Waals surface area contributed by atoms with Crippen LogP contribution in [0.1, 0.15) is 32.1 Å². The Morgan fingerprint density at radius 3 is 2.95 bits per heavy atom. The summed E-state index contributed by atoms with van der Waals surface area (Å²) < 4.78 is 25.3. The van der Waals surface area contributed by atoms with Gasteiger partial charge in [-0.05, 0) is 32.1 Å². The fraction of sp³-hybridized carbons (Fsp3) is 0.800. The Kier molecular flexibility index (Phi) is 3.82. The Hall–Kier alpha value is -0.940. The molecular formula is C15H22FNO3. The summed E-state index contributed by atoms with van der Waals surface area (Å²) in [5, 5.41) is 0. The zero-order valence-corrected chi connectivity index (χ0v) is 11.7. The first kappa shape index (κ1) is 14.0. The second kappa shape index (κ2) is 5.45. The third-order valence-electron chi connectivity index (χ3n) is 4.51. The number of ether oxygens (including phenoxy) is 2. The Labute approximate surface area is 118 Å². The lowest BCUT2D eigenvalue weighted by molar-refractivity contribution is -0.145. The predicted octanol–water partition coefficient (Wildman–Crippen LogP) is 1.84. The molecule has 2 aliphatic heterocycles. The number of amides is 1. The fourth-order valence-electron chi connectivity index (χ4n) is 3.24. The highest BCUT2D eigenvalue weighted by atomic mass is 19.1. The molecule has 5 heteroatoms. The summed E-state index contributed by atoms with van der Waals surface area (Å²) in [4.78, 5) is 13.9. The number of likely N-dealkylation sites (tertiary alicyclic amines) is 1. The Bertz CT molecular complexity index is 397. The van der Waals surface area contributed by atoms with Crippen LogP contribution in [0.15, 0.2) is 12.7 Å². The SMILES string of the molecule is C=CCOC[C@H]1CC[C@@H]2[C@@H](CCN2C(=O)C2(F)CC2)O1. The van der Waals surface area contributed by atoms with Crippen molar-refractivity contribution in [2.75, 3.05) is 19.8 Å². The highest BCUT2D eigenvalue weighted by Crippen LogP contribution is 2.44. The van der Waals surface area contributed by atoms with Crippen molar-refractivity contribution in [3.63, 3.8) is 0 Å². The number of fused-ring (bicyclic) bond motifs is 1. The van der Waals surface area contributed by atoms with E-state index in [0.717, 1.165) is 19.3 Å². The first-order valence-corrected chi connectivity index (χ1v) is 7.48. The standard InChI is InChI=1S/C15H22FNO3/c1-2-9-19-10-11-3-4-12-13(20-11)5-8-17(12)14(18)15(16)6-7-15/h2,11-13H,1,3-10H2/t11-,12-,13-/m1/s1. The van der Waals surface area contributed by atoms with Crippen LogP contribution >= 0.6 is 0 Å². The van der Waals surface area contributed by atoms with Crippen LogP contribution in [0.5, 0.6) is 0 Å². The van der Waals surface area contributed by atoms with Gasteiger partial charge in [-0.1, -0.05) is 6.08 Å². The molecule has 3 atom stereocenters. The van der Waals surface area contributed by atoms with Gasteiger partial charge in [0.25, 0.3) is 5.91 Å². The van der Waals surface area contributed by atoms with Crippen LogP contribution in [0, 0.1) is 0 Å². The van der Waals surface area contributed by atoms with E-state index in [1.807, 2.05) is 0 Å². The molecule has 0 bridgehead atoms. The number of rotatable bonds is 5. The average Bonchev–Trinajstić information content (AvgIpc) is 3.07. The van der Waals surface area contributed by atoms with Gasteiger partial charge in [0.1, 0.15) is 0 Å². The van der Waals surface area contributed by atoms with Gasteiger partial charge < -0.3 is 14.4 Å². The molecule has 1 saturated carbocycles. The topological polar surface area (TPSA) is 38.8 Å². The average molecular weight is 283 g/mol. The maximum atomic E-state index is 13.9. The van der Waals surface area contributed by atoms with E-state index in [1.165, 1.54) is 0 Å². The molecular weight excluding hydrogens is 261 g/mol. The molecule has 0 N–H and O–H groups in total. The molecule has 3 aliphatic rings. The summed E-state index contributed by atoms with van der Waals surface area (Å²) in [6.07, 6.45) is 5.19. The van der Waals surface area contributed by atoms with Crippen LogP contribution in [0.3, 0.4) is 0 Å². The summed E-state index contributed by atoms with van der Waals surface area (Å²) in [5.74, 6) is -0.310. The molecule has 1 amide bonds. The van der Waals surface area contributed by atoms with E-state index in [0.29, 0.717) is 32.6 Å². The van der Waals surface area contributed by atoms with Crippen LogP contribution < -0.4 is 0 Å². The summed E-state index contributed by atoms with van der Waals surface area (Å²) in [6, 6.07) is 0.0615. The first-order valence-electron chi connectivity index (χ1n) is 7.48. The zero-order valence-electron chi connectivity index (χ0n) is 11.7. The molecule has 0 aromatic heterocycles. The number of hydrogen-bond donors (Lipinski definition) is 0. The molecule has 0 radical (unpaired) electrons. The molecule has 2 heterocycles. The second-order valence-corrected chi connectivity index (χ2v) is 6.02. The van der Waals surface area contributed by atoms with E-state index >= 15 is 0 Å². The molecule has 0 unspecified atom stereocenters.